The number of nitrogens with two attached hydrogens (primary N) is 1. The standard InChI is InChI=1S/C13H22N2S/c1-11(2)16-10-13(15-14)9-8-12-6-4-3-5-7-12/h3-7,11,13,15H,8-10,14H2,1-2H3. The van der Waals surface area contributed by atoms with Crippen molar-refractivity contribution in [1.82, 2.24) is 5.43 Å². The second-order valence-corrected chi connectivity index (χ2v) is 5.88. The molecule has 0 amide bonds. The first-order valence-corrected chi connectivity index (χ1v) is 6.89. The molecule has 0 fully saturated rings. The molecule has 1 unspecified atom stereocenters. The lowest BCUT2D eigenvalue weighted by atomic mass is 10.1. The summed E-state index contributed by atoms with van der Waals surface area (Å²) in [5.74, 6) is 6.64. The third-order valence-electron chi connectivity index (χ3n) is 2.49. The average molecular weight is 238 g/mol. The molecule has 0 heterocycles. The number of rotatable bonds is 7. The summed E-state index contributed by atoms with van der Waals surface area (Å²) in [4.78, 5) is 0. The Morgan fingerprint density at radius 2 is 1.94 bits per heavy atom. The first-order valence-electron chi connectivity index (χ1n) is 5.84. The van der Waals surface area contributed by atoms with Crippen LogP contribution in [-0.2, 0) is 6.42 Å². The minimum Gasteiger partial charge on any atom is -0.271 e. The topological polar surface area (TPSA) is 38.0 Å². The molecule has 0 aromatic heterocycles. The SMILES string of the molecule is CC(C)SCC(CCc1ccccc1)NN. The van der Waals surface area contributed by atoms with Crippen molar-refractivity contribution in [1.29, 1.82) is 0 Å². The predicted molar refractivity (Wildman–Crippen MR) is 73.5 cm³/mol. The minimum atomic E-state index is 0.410. The smallest absolute Gasteiger partial charge is 0.0304 e. The minimum absolute atomic E-state index is 0.410. The van der Waals surface area contributed by atoms with Gasteiger partial charge in [-0.05, 0) is 23.7 Å². The zero-order chi connectivity index (χ0) is 11.8. The van der Waals surface area contributed by atoms with Gasteiger partial charge in [-0.15, -0.1) is 0 Å². The molecular formula is C13H22N2S. The van der Waals surface area contributed by atoms with Gasteiger partial charge in [0.05, 0.1) is 0 Å². The molecule has 3 heteroatoms. The first-order chi connectivity index (χ1) is 7.72. The molecule has 1 aromatic carbocycles. The Balaban J connectivity index is 2.28. The van der Waals surface area contributed by atoms with E-state index < -0.39 is 0 Å². The number of benzene rings is 1. The number of aryl methyl sites for hydroxylation is 1. The van der Waals surface area contributed by atoms with Crippen molar-refractivity contribution in [3.05, 3.63) is 35.9 Å². The molecular weight excluding hydrogens is 216 g/mol. The van der Waals surface area contributed by atoms with E-state index in [1.54, 1.807) is 0 Å². The highest BCUT2D eigenvalue weighted by Crippen LogP contribution is 2.13. The molecule has 0 saturated heterocycles. The van der Waals surface area contributed by atoms with Gasteiger partial charge in [0.1, 0.15) is 0 Å². The van der Waals surface area contributed by atoms with Gasteiger partial charge in [0, 0.05) is 11.8 Å². The maximum absolute atomic E-state index is 5.56. The summed E-state index contributed by atoms with van der Waals surface area (Å²) in [6.45, 7) is 4.44. The van der Waals surface area contributed by atoms with Crippen LogP contribution in [0.4, 0.5) is 0 Å². The summed E-state index contributed by atoms with van der Waals surface area (Å²) in [6.07, 6.45) is 2.19. The molecule has 0 bridgehead atoms. The summed E-state index contributed by atoms with van der Waals surface area (Å²) in [5, 5.41) is 0.674. The fourth-order valence-corrected chi connectivity index (χ4v) is 2.39. The second kappa shape index (κ2) is 7.71. The van der Waals surface area contributed by atoms with Crippen LogP contribution in [0.5, 0.6) is 0 Å². The van der Waals surface area contributed by atoms with E-state index in [4.69, 9.17) is 5.84 Å². The zero-order valence-corrected chi connectivity index (χ0v) is 11.0. The van der Waals surface area contributed by atoms with Gasteiger partial charge in [0.2, 0.25) is 0 Å². The van der Waals surface area contributed by atoms with E-state index in [0.717, 1.165) is 18.6 Å². The summed E-state index contributed by atoms with van der Waals surface area (Å²) >= 11 is 1.96. The highest BCUT2D eigenvalue weighted by Gasteiger charge is 2.07. The van der Waals surface area contributed by atoms with E-state index in [1.807, 2.05) is 11.8 Å². The molecule has 0 aliphatic rings. The van der Waals surface area contributed by atoms with E-state index in [0.29, 0.717) is 11.3 Å². The van der Waals surface area contributed by atoms with Gasteiger partial charge in [-0.25, -0.2) is 0 Å². The number of hydrogen-bond acceptors (Lipinski definition) is 3. The average Bonchev–Trinajstić information content (AvgIpc) is 2.30. The molecule has 90 valence electrons. The van der Waals surface area contributed by atoms with E-state index in [1.165, 1.54) is 5.56 Å². The van der Waals surface area contributed by atoms with Gasteiger partial charge in [-0.1, -0.05) is 44.2 Å². The fourth-order valence-electron chi connectivity index (χ4n) is 1.51. The molecule has 1 atom stereocenters. The van der Waals surface area contributed by atoms with Crippen LogP contribution in [0.2, 0.25) is 0 Å². The van der Waals surface area contributed by atoms with Gasteiger partial charge in [0.15, 0.2) is 0 Å². The van der Waals surface area contributed by atoms with E-state index >= 15 is 0 Å². The Bertz CT molecular complexity index is 275. The Labute approximate surface area is 103 Å². The normalized spacial score (nSPS) is 13.0. The summed E-state index contributed by atoms with van der Waals surface area (Å²) in [7, 11) is 0. The van der Waals surface area contributed by atoms with Crippen molar-refractivity contribution in [2.24, 2.45) is 5.84 Å². The van der Waals surface area contributed by atoms with Crippen LogP contribution in [0.3, 0.4) is 0 Å². The van der Waals surface area contributed by atoms with E-state index in [9.17, 15) is 0 Å². The van der Waals surface area contributed by atoms with Crippen molar-refractivity contribution in [2.45, 2.75) is 38.0 Å². The number of hydrazine groups is 1. The van der Waals surface area contributed by atoms with Crippen molar-refractivity contribution < 1.29 is 0 Å². The summed E-state index contributed by atoms with van der Waals surface area (Å²) in [5.41, 5.74) is 4.29. The molecule has 2 nitrogen and oxygen atoms in total. The molecule has 1 rings (SSSR count). The van der Waals surface area contributed by atoms with Crippen LogP contribution >= 0.6 is 11.8 Å². The Morgan fingerprint density at radius 3 is 2.50 bits per heavy atom. The second-order valence-electron chi connectivity index (χ2n) is 4.27. The quantitative estimate of drug-likeness (QED) is 0.566. The third kappa shape index (κ3) is 5.54. The zero-order valence-electron chi connectivity index (χ0n) is 10.1. The number of hydrogen-bond donors (Lipinski definition) is 2. The predicted octanol–water partition coefficient (Wildman–Crippen LogP) is 2.59. The van der Waals surface area contributed by atoms with Crippen LogP contribution < -0.4 is 11.3 Å². The maximum atomic E-state index is 5.56. The van der Waals surface area contributed by atoms with Crippen molar-refractivity contribution in [3.63, 3.8) is 0 Å². The molecule has 0 spiro atoms. The van der Waals surface area contributed by atoms with Crippen molar-refractivity contribution >= 4 is 11.8 Å². The van der Waals surface area contributed by atoms with Crippen molar-refractivity contribution in [3.8, 4) is 0 Å². The van der Waals surface area contributed by atoms with Gasteiger partial charge in [-0.3, -0.25) is 11.3 Å². The Hall–Kier alpha value is -0.510. The van der Waals surface area contributed by atoms with Gasteiger partial charge in [0.25, 0.3) is 0 Å². The fraction of sp³-hybridized carbons (Fsp3) is 0.538. The van der Waals surface area contributed by atoms with Gasteiger partial charge >= 0.3 is 0 Å². The van der Waals surface area contributed by atoms with Gasteiger partial charge < -0.3 is 0 Å². The van der Waals surface area contributed by atoms with Crippen LogP contribution in [0, 0.1) is 0 Å². The lowest BCUT2D eigenvalue weighted by molar-refractivity contribution is 0.538. The molecule has 0 aliphatic heterocycles. The maximum Gasteiger partial charge on any atom is 0.0304 e. The molecule has 0 aliphatic carbocycles. The van der Waals surface area contributed by atoms with Gasteiger partial charge in [-0.2, -0.15) is 11.8 Å². The highest BCUT2D eigenvalue weighted by molar-refractivity contribution is 7.99. The first kappa shape index (κ1) is 13.6. The number of thioether (sulfide) groups is 1. The number of nitrogens with one attached hydrogen (secondary N) is 1. The van der Waals surface area contributed by atoms with Crippen LogP contribution in [0.25, 0.3) is 0 Å². The Kier molecular flexibility index (Phi) is 6.53. The molecule has 1 aromatic rings. The molecule has 3 N–H and O–H groups in total. The molecule has 0 radical (unpaired) electrons. The van der Waals surface area contributed by atoms with E-state index in [-0.39, 0.29) is 0 Å². The van der Waals surface area contributed by atoms with Crippen molar-refractivity contribution in [2.75, 3.05) is 5.75 Å². The van der Waals surface area contributed by atoms with Crippen LogP contribution in [-0.4, -0.2) is 17.0 Å². The summed E-state index contributed by atoms with van der Waals surface area (Å²) < 4.78 is 0. The lowest BCUT2D eigenvalue weighted by Crippen LogP contribution is -2.37. The lowest BCUT2D eigenvalue weighted by Gasteiger charge is -2.16. The molecule has 16 heavy (non-hydrogen) atoms. The van der Waals surface area contributed by atoms with Crippen LogP contribution in [0.1, 0.15) is 25.8 Å². The summed E-state index contributed by atoms with van der Waals surface area (Å²) in [6, 6.07) is 11.0. The highest BCUT2D eigenvalue weighted by atomic mass is 32.2. The molecule has 0 saturated carbocycles. The Morgan fingerprint density at radius 1 is 1.25 bits per heavy atom. The monoisotopic (exact) mass is 238 g/mol. The van der Waals surface area contributed by atoms with E-state index in [2.05, 4.69) is 49.6 Å². The third-order valence-corrected chi connectivity index (χ3v) is 3.75. The largest absolute Gasteiger partial charge is 0.271 e. The van der Waals surface area contributed by atoms with Crippen LogP contribution in [0.15, 0.2) is 30.3 Å².